The molecule has 2 amide bonds. The first-order chi connectivity index (χ1) is 15.9. The minimum atomic E-state index is -0.729. The van der Waals surface area contributed by atoms with E-state index < -0.39 is 35.8 Å². The summed E-state index contributed by atoms with van der Waals surface area (Å²) in [4.78, 5) is 49.8. The molecule has 1 aliphatic heterocycles. The van der Waals surface area contributed by atoms with Crippen LogP contribution in [-0.4, -0.2) is 67.4 Å². The normalized spacial score (nSPS) is 19.8. The number of rotatable bonds is 8. The number of anilines is 1. The Balaban J connectivity index is 2.31. The van der Waals surface area contributed by atoms with Crippen LogP contribution in [-0.2, 0) is 28.6 Å². The van der Waals surface area contributed by atoms with Crippen molar-refractivity contribution in [1.82, 2.24) is 4.90 Å². The van der Waals surface area contributed by atoms with Crippen LogP contribution in [0.15, 0.2) is 24.3 Å². The maximum atomic E-state index is 13.0. The fourth-order valence-corrected chi connectivity index (χ4v) is 3.87. The fraction of sp³-hybridized carbons (Fsp3) is 0.583. The number of nitrogens with zero attached hydrogens (tertiary/aromatic N) is 1. The molecule has 1 heterocycles. The van der Waals surface area contributed by atoms with Crippen molar-refractivity contribution in [3.8, 4) is 5.75 Å². The van der Waals surface area contributed by atoms with Gasteiger partial charge in [-0.3, -0.25) is 14.4 Å². The van der Waals surface area contributed by atoms with Gasteiger partial charge in [-0.25, -0.2) is 4.79 Å². The Kier molecular flexibility index (Phi) is 9.28. The zero-order valence-electron chi connectivity index (χ0n) is 20.6. The number of amides is 2. The molecule has 1 saturated heterocycles. The predicted octanol–water partition coefficient (Wildman–Crippen LogP) is 3.14. The zero-order valence-corrected chi connectivity index (χ0v) is 20.6. The summed E-state index contributed by atoms with van der Waals surface area (Å²) in [5, 5.41) is 2.69. The quantitative estimate of drug-likeness (QED) is 0.447. The van der Waals surface area contributed by atoms with Gasteiger partial charge in [0.25, 0.3) is 0 Å². The van der Waals surface area contributed by atoms with E-state index in [2.05, 4.69) is 5.32 Å². The number of esters is 2. The van der Waals surface area contributed by atoms with Gasteiger partial charge in [-0.15, -0.1) is 0 Å². The third-order valence-corrected chi connectivity index (χ3v) is 5.35. The fourth-order valence-electron chi connectivity index (χ4n) is 3.87. The van der Waals surface area contributed by atoms with E-state index in [0.717, 1.165) is 0 Å². The van der Waals surface area contributed by atoms with Crippen molar-refractivity contribution < 1.29 is 38.1 Å². The van der Waals surface area contributed by atoms with Gasteiger partial charge in [-0.1, -0.05) is 0 Å². The summed E-state index contributed by atoms with van der Waals surface area (Å²) in [7, 11) is 2.59. The highest BCUT2D eigenvalue weighted by molar-refractivity contribution is 5.88. The van der Waals surface area contributed by atoms with Crippen LogP contribution in [0.2, 0.25) is 0 Å². The Bertz CT molecular complexity index is 878. The number of hydrogen-bond donors (Lipinski definition) is 1. The molecule has 10 heteroatoms. The van der Waals surface area contributed by atoms with Gasteiger partial charge in [0.2, 0.25) is 5.91 Å². The highest BCUT2D eigenvalue weighted by Gasteiger charge is 2.47. The van der Waals surface area contributed by atoms with E-state index in [1.807, 2.05) is 0 Å². The van der Waals surface area contributed by atoms with Gasteiger partial charge in [-0.05, 0) is 51.5 Å². The lowest BCUT2D eigenvalue weighted by atomic mass is 9.90. The lowest BCUT2D eigenvalue weighted by molar-refractivity contribution is -0.142. The third-order valence-electron chi connectivity index (χ3n) is 5.35. The Morgan fingerprint density at radius 3 is 2.18 bits per heavy atom. The summed E-state index contributed by atoms with van der Waals surface area (Å²) >= 11 is 0. The number of nitrogens with one attached hydrogen (secondary N) is 1. The molecule has 0 saturated carbocycles. The first-order valence-electron chi connectivity index (χ1n) is 11.1. The maximum absolute atomic E-state index is 13.0. The topological polar surface area (TPSA) is 120 Å². The molecule has 188 valence electrons. The van der Waals surface area contributed by atoms with Crippen molar-refractivity contribution in [3.63, 3.8) is 0 Å². The molecule has 0 radical (unpaired) electrons. The second-order valence-electron chi connectivity index (χ2n) is 9.12. The average Bonchev–Trinajstić information content (AvgIpc) is 3.08. The highest BCUT2D eigenvalue weighted by Crippen LogP contribution is 2.35. The molecule has 0 aliphatic carbocycles. The number of methoxy groups -OCH3 is 2. The largest absolute Gasteiger partial charge is 0.488 e. The molecule has 1 fully saturated rings. The molecule has 2 unspecified atom stereocenters. The molecule has 0 aromatic heterocycles. The van der Waals surface area contributed by atoms with Crippen molar-refractivity contribution in [3.05, 3.63) is 24.3 Å². The van der Waals surface area contributed by atoms with Crippen LogP contribution in [0.1, 0.15) is 47.0 Å². The molecule has 0 bridgehead atoms. The first kappa shape index (κ1) is 26.9. The van der Waals surface area contributed by atoms with E-state index >= 15 is 0 Å². The van der Waals surface area contributed by atoms with E-state index in [9.17, 15) is 19.2 Å². The molecule has 1 N–H and O–H groups in total. The number of carbonyl (C=O) groups excluding carboxylic acids is 4. The summed E-state index contributed by atoms with van der Waals surface area (Å²) in [6.45, 7) is 6.86. The van der Waals surface area contributed by atoms with Gasteiger partial charge in [0.05, 0.1) is 33.2 Å². The SMILES string of the molecule is COC(=O)CC[C@H]1C(Oc2ccc(NC(C)=O)cc2)CN(C(=O)OC(C)(C)C)C1CC(=O)OC. The van der Waals surface area contributed by atoms with Crippen LogP contribution >= 0.6 is 0 Å². The molecule has 1 aromatic carbocycles. The van der Waals surface area contributed by atoms with Gasteiger partial charge in [0.15, 0.2) is 0 Å². The Morgan fingerprint density at radius 2 is 1.65 bits per heavy atom. The number of likely N-dealkylation sites (tertiary alicyclic amines) is 1. The first-order valence-corrected chi connectivity index (χ1v) is 11.1. The molecule has 34 heavy (non-hydrogen) atoms. The molecular formula is C24H34N2O8. The summed E-state index contributed by atoms with van der Waals surface area (Å²) in [5.41, 5.74) is -0.111. The minimum absolute atomic E-state index is 0.0666. The standard InChI is InChI=1S/C24H34N2O8/c1-15(27)25-16-7-9-17(10-8-16)33-20-14-26(23(30)34-24(2,3)4)19(13-22(29)32-6)18(20)11-12-21(28)31-5/h7-10,18-20H,11-14H2,1-6H3,(H,25,27)/t18-,19?,20?/m1/s1. The summed E-state index contributed by atoms with van der Waals surface area (Å²) in [5.74, 6) is -0.912. The van der Waals surface area contributed by atoms with Crippen LogP contribution < -0.4 is 10.1 Å². The number of ether oxygens (including phenoxy) is 4. The summed E-state index contributed by atoms with van der Waals surface area (Å²) < 4.78 is 21.4. The molecule has 10 nitrogen and oxygen atoms in total. The third kappa shape index (κ3) is 7.93. The second kappa shape index (κ2) is 11.7. The Hall–Kier alpha value is -3.30. The van der Waals surface area contributed by atoms with Gasteiger partial charge in [-0.2, -0.15) is 0 Å². The van der Waals surface area contributed by atoms with Crippen molar-refractivity contribution in [2.75, 3.05) is 26.1 Å². The lowest BCUT2D eigenvalue weighted by Crippen LogP contribution is -2.42. The van der Waals surface area contributed by atoms with Gasteiger partial charge < -0.3 is 29.2 Å². The Morgan fingerprint density at radius 1 is 1.03 bits per heavy atom. The highest BCUT2D eigenvalue weighted by atomic mass is 16.6. The summed E-state index contributed by atoms with van der Waals surface area (Å²) in [6, 6.07) is 6.22. The molecule has 3 atom stereocenters. The maximum Gasteiger partial charge on any atom is 0.410 e. The lowest BCUT2D eigenvalue weighted by Gasteiger charge is -2.29. The van der Waals surface area contributed by atoms with Crippen molar-refractivity contribution in [2.45, 2.75) is 64.7 Å². The zero-order chi connectivity index (χ0) is 25.5. The van der Waals surface area contributed by atoms with E-state index in [-0.39, 0.29) is 31.2 Å². The van der Waals surface area contributed by atoms with Crippen LogP contribution in [0.5, 0.6) is 5.75 Å². The number of benzene rings is 1. The average molecular weight is 479 g/mol. The van der Waals surface area contributed by atoms with E-state index in [4.69, 9.17) is 18.9 Å². The number of hydrogen-bond acceptors (Lipinski definition) is 8. The van der Waals surface area contributed by atoms with E-state index in [1.54, 1.807) is 45.0 Å². The van der Waals surface area contributed by atoms with Crippen LogP contribution in [0.4, 0.5) is 10.5 Å². The van der Waals surface area contributed by atoms with Crippen LogP contribution in [0, 0.1) is 5.92 Å². The molecule has 2 rings (SSSR count). The molecule has 1 aromatic rings. The van der Waals surface area contributed by atoms with Crippen molar-refractivity contribution >= 4 is 29.6 Å². The summed E-state index contributed by atoms with van der Waals surface area (Å²) in [6.07, 6.45) is -0.719. The second-order valence-corrected chi connectivity index (χ2v) is 9.12. The monoisotopic (exact) mass is 478 g/mol. The van der Waals surface area contributed by atoms with Gasteiger partial charge >= 0.3 is 18.0 Å². The molecular weight excluding hydrogens is 444 g/mol. The number of carbonyl (C=O) groups is 4. The van der Waals surface area contributed by atoms with Gasteiger partial charge in [0.1, 0.15) is 17.5 Å². The van der Waals surface area contributed by atoms with E-state index in [0.29, 0.717) is 17.9 Å². The van der Waals surface area contributed by atoms with Crippen LogP contribution in [0.3, 0.4) is 0 Å². The smallest absolute Gasteiger partial charge is 0.410 e. The Labute approximate surface area is 199 Å². The van der Waals surface area contributed by atoms with E-state index in [1.165, 1.54) is 26.0 Å². The minimum Gasteiger partial charge on any atom is -0.488 e. The molecule has 0 spiro atoms. The van der Waals surface area contributed by atoms with Crippen LogP contribution in [0.25, 0.3) is 0 Å². The predicted molar refractivity (Wildman–Crippen MR) is 123 cm³/mol. The van der Waals surface area contributed by atoms with Crippen molar-refractivity contribution in [1.29, 1.82) is 0 Å². The van der Waals surface area contributed by atoms with Crippen molar-refractivity contribution in [2.24, 2.45) is 5.92 Å². The molecule has 1 aliphatic rings. The van der Waals surface area contributed by atoms with Gasteiger partial charge in [0, 0.05) is 24.9 Å².